The molecule has 1 heterocycles. The summed E-state index contributed by atoms with van der Waals surface area (Å²) in [7, 11) is 0. The Bertz CT molecular complexity index is 687. The molecule has 0 saturated carbocycles. The zero-order chi connectivity index (χ0) is 20.2. The molecule has 2 rings (SSSR count). The number of benzene rings is 1. The van der Waals surface area contributed by atoms with Crippen molar-refractivity contribution in [2.24, 2.45) is 0 Å². The number of carboxylic acids is 1. The number of hydrogen-bond acceptors (Lipinski definition) is 4. The van der Waals surface area contributed by atoms with Crippen LogP contribution in [0.15, 0.2) is 42.1 Å². The predicted molar refractivity (Wildman–Crippen MR) is 112 cm³/mol. The summed E-state index contributed by atoms with van der Waals surface area (Å²) in [6, 6.07) is 9.98. The standard InChI is InChI=1S/C22H29NO4S/c24-20(13-11-18-6-2-1-3-7-18)14-12-19-8-4-9-21(25)23(19)15-17-28-16-5-10-22(26)27/h1-3,6-7,12H,4-5,8-11,13-17H2,(H,26,27). The van der Waals surface area contributed by atoms with Crippen molar-refractivity contribution in [3.63, 3.8) is 0 Å². The van der Waals surface area contributed by atoms with Gasteiger partial charge < -0.3 is 10.0 Å². The quantitative estimate of drug-likeness (QED) is 0.533. The molecule has 0 aromatic heterocycles. The molecule has 0 spiro atoms. The number of rotatable bonds is 12. The second-order valence-corrected chi connectivity index (χ2v) is 8.16. The van der Waals surface area contributed by atoms with Crippen molar-refractivity contribution >= 4 is 29.4 Å². The van der Waals surface area contributed by atoms with E-state index in [9.17, 15) is 14.4 Å². The first-order valence-corrected chi connectivity index (χ1v) is 11.1. The van der Waals surface area contributed by atoms with Gasteiger partial charge in [0.2, 0.25) is 5.91 Å². The molecule has 5 nitrogen and oxygen atoms in total. The smallest absolute Gasteiger partial charge is 0.303 e. The maximum atomic E-state index is 12.3. The molecule has 1 aliphatic heterocycles. The molecule has 1 aromatic carbocycles. The highest BCUT2D eigenvalue weighted by Gasteiger charge is 2.22. The van der Waals surface area contributed by atoms with Gasteiger partial charge in [0.25, 0.3) is 0 Å². The highest BCUT2D eigenvalue weighted by Crippen LogP contribution is 2.23. The summed E-state index contributed by atoms with van der Waals surface area (Å²) >= 11 is 1.67. The van der Waals surface area contributed by atoms with Crippen molar-refractivity contribution in [1.82, 2.24) is 4.90 Å². The Balaban J connectivity index is 1.77. The average Bonchev–Trinajstić information content (AvgIpc) is 2.69. The van der Waals surface area contributed by atoms with Crippen LogP contribution in [0, 0.1) is 0 Å². The second kappa shape index (κ2) is 12.4. The van der Waals surface area contributed by atoms with Gasteiger partial charge in [-0.1, -0.05) is 36.4 Å². The fourth-order valence-electron chi connectivity index (χ4n) is 3.18. The van der Waals surface area contributed by atoms with Gasteiger partial charge in [-0.15, -0.1) is 0 Å². The summed E-state index contributed by atoms with van der Waals surface area (Å²) in [4.78, 5) is 36.9. The van der Waals surface area contributed by atoms with Gasteiger partial charge in [-0.25, -0.2) is 0 Å². The molecule has 152 valence electrons. The molecular formula is C22H29NO4S. The molecule has 0 aliphatic carbocycles. The van der Waals surface area contributed by atoms with Crippen LogP contribution in [0.3, 0.4) is 0 Å². The molecule has 0 radical (unpaired) electrons. The first-order chi connectivity index (χ1) is 13.6. The Morgan fingerprint density at radius 3 is 2.64 bits per heavy atom. The van der Waals surface area contributed by atoms with E-state index in [0.29, 0.717) is 32.2 Å². The monoisotopic (exact) mass is 403 g/mol. The van der Waals surface area contributed by atoms with Crippen molar-refractivity contribution in [3.8, 4) is 0 Å². The SMILES string of the molecule is O=C(O)CCCSCCN1C(=O)CCCC1=CCC(=O)CCc1ccccc1. The fraction of sp³-hybridized carbons (Fsp3) is 0.500. The van der Waals surface area contributed by atoms with Gasteiger partial charge in [-0.3, -0.25) is 14.4 Å². The number of allylic oxidation sites excluding steroid dienone is 2. The maximum absolute atomic E-state index is 12.3. The lowest BCUT2D eigenvalue weighted by Crippen LogP contribution is -2.35. The van der Waals surface area contributed by atoms with Crippen LogP contribution in [0.25, 0.3) is 0 Å². The van der Waals surface area contributed by atoms with E-state index in [0.717, 1.165) is 42.0 Å². The summed E-state index contributed by atoms with van der Waals surface area (Å²) < 4.78 is 0. The van der Waals surface area contributed by atoms with Crippen molar-refractivity contribution in [1.29, 1.82) is 0 Å². The number of aliphatic carboxylic acids is 1. The topological polar surface area (TPSA) is 74.7 Å². The van der Waals surface area contributed by atoms with Crippen LogP contribution in [-0.2, 0) is 20.8 Å². The third kappa shape index (κ3) is 8.30. The number of carbonyl (C=O) groups is 3. The molecule has 0 atom stereocenters. The number of amides is 1. The molecule has 1 fully saturated rings. The van der Waals surface area contributed by atoms with E-state index in [1.807, 2.05) is 41.3 Å². The number of carbonyl (C=O) groups excluding carboxylic acids is 2. The normalized spacial score (nSPS) is 15.8. The van der Waals surface area contributed by atoms with Gasteiger partial charge >= 0.3 is 5.97 Å². The molecule has 0 unspecified atom stereocenters. The van der Waals surface area contributed by atoms with Crippen LogP contribution < -0.4 is 0 Å². The number of thioether (sulfide) groups is 1. The summed E-state index contributed by atoms with van der Waals surface area (Å²) in [5.74, 6) is 1.11. The largest absolute Gasteiger partial charge is 0.481 e. The Kier molecular flexibility index (Phi) is 9.83. The third-order valence-corrected chi connectivity index (χ3v) is 5.76. The Hall–Kier alpha value is -2.08. The van der Waals surface area contributed by atoms with Crippen LogP contribution in [0.2, 0.25) is 0 Å². The van der Waals surface area contributed by atoms with Crippen LogP contribution in [-0.4, -0.2) is 45.7 Å². The lowest BCUT2D eigenvalue weighted by Gasteiger charge is -2.30. The minimum Gasteiger partial charge on any atom is -0.481 e. The third-order valence-electron chi connectivity index (χ3n) is 4.71. The second-order valence-electron chi connectivity index (χ2n) is 6.93. The van der Waals surface area contributed by atoms with Gasteiger partial charge in [0.05, 0.1) is 0 Å². The molecular weight excluding hydrogens is 374 g/mol. The summed E-state index contributed by atoms with van der Waals surface area (Å²) in [5.41, 5.74) is 2.13. The van der Waals surface area contributed by atoms with E-state index in [2.05, 4.69) is 0 Å². The summed E-state index contributed by atoms with van der Waals surface area (Å²) in [6.07, 6.45) is 6.63. The molecule has 1 saturated heterocycles. The Morgan fingerprint density at radius 1 is 1.11 bits per heavy atom. The highest BCUT2D eigenvalue weighted by atomic mass is 32.2. The van der Waals surface area contributed by atoms with Gasteiger partial charge in [-0.2, -0.15) is 11.8 Å². The van der Waals surface area contributed by atoms with Crippen LogP contribution in [0.1, 0.15) is 50.5 Å². The molecule has 6 heteroatoms. The van der Waals surface area contributed by atoms with Crippen molar-refractivity contribution in [3.05, 3.63) is 47.7 Å². The van der Waals surface area contributed by atoms with Gasteiger partial charge in [-0.05, 0) is 37.0 Å². The number of hydrogen-bond donors (Lipinski definition) is 1. The van der Waals surface area contributed by atoms with Crippen molar-refractivity contribution < 1.29 is 19.5 Å². The van der Waals surface area contributed by atoms with E-state index >= 15 is 0 Å². The predicted octanol–water partition coefficient (Wildman–Crippen LogP) is 4.07. The Labute approximate surface area is 171 Å². The van der Waals surface area contributed by atoms with Crippen LogP contribution in [0.4, 0.5) is 0 Å². The van der Waals surface area contributed by atoms with Crippen LogP contribution in [0.5, 0.6) is 0 Å². The zero-order valence-electron chi connectivity index (χ0n) is 16.3. The molecule has 1 aliphatic rings. The minimum absolute atomic E-state index is 0.125. The summed E-state index contributed by atoms with van der Waals surface area (Å²) in [6.45, 7) is 0.626. The van der Waals surface area contributed by atoms with E-state index in [1.54, 1.807) is 11.8 Å². The van der Waals surface area contributed by atoms with Gasteiger partial charge in [0.15, 0.2) is 0 Å². The van der Waals surface area contributed by atoms with Gasteiger partial charge in [0.1, 0.15) is 5.78 Å². The number of Topliss-reactive ketones (excluding diaryl/α,β-unsaturated/α-hetero) is 1. The minimum atomic E-state index is -0.769. The molecule has 28 heavy (non-hydrogen) atoms. The maximum Gasteiger partial charge on any atom is 0.303 e. The average molecular weight is 404 g/mol. The van der Waals surface area contributed by atoms with E-state index in [-0.39, 0.29) is 18.1 Å². The summed E-state index contributed by atoms with van der Waals surface area (Å²) in [5, 5.41) is 8.65. The molecule has 1 aromatic rings. The number of piperidine rings is 1. The van der Waals surface area contributed by atoms with Crippen molar-refractivity contribution in [2.75, 3.05) is 18.1 Å². The Morgan fingerprint density at radius 2 is 1.89 bits per heavy atom. The first-order valence-electron chi connectivity index (χ1n) is 9.91. The number of aryl methyl sites for hydroxylation is 1. The number of nitrogens with zero attached hydrogens (tertiary/aromatic N) is 1. The van der Waals surface area contributed by atoms with E-state index in [4.69, 9.17) is 5.11 Å². The number of carboxylic acid groups (broad SMARTS) is 1. The first kappa shape index (κ1) is 22.2. The van der Waals surface area contributed by atoms with Gasteiger partial charge in [0, 0.05) is 43.7 Å². The lowest BCUT2D eigenvalue weighted by atomic mass is 10.0. The number of ketones is 1. The zero-order valence-corrected chi connectivity index (χ0v) is 17.1. The molecule has 1 amide bonds. The lowest BCUT2D eigenvalue weighted by molar-refractivity contribution is -0.137. The highest BCUT2D eigenvalue weighted by molar-refractivity contribution is 7.99. The van der Waals surface area contributed by atoms with E-state index in [1.165, 1.54) is 0 Å². The molecule has 0 bridgehead atoms. The van der Waals surface area contributed by atoms with Crippen molar-refractivity contribution in [2.45, 2.75) is 51.4 Å². The van der Waals surface area contributed by atoms with E-state index < -0.39 is 5.97 Å². The number of likely N-dealkylation sites (tertiary alicyclic amines) is 1. The fourth-order valence-corrected chi connectivity index (χ4v) is 4.04. The molecule has 1 N–H and O–H groups in total. The van der Waals surface area contributed by atoms with Crippen LogP contribution >= 0.6 is 11.8 Å².